The number of benzene rings is 1. The van der Waals surface area contributed by atoms with Crippen molar-refractivity contribution < 1.29 is 14.0 Å². The molecule has 110 valence electrons. The fraction of sp³-hybridized carbons (Fsp3) is 0.333. The van der Waals surface area contributed by atoms with Crippen molar-refractivity contribution in [1.29, 1.82) is 0 Å². The molecule has 2 aromatic rings. The van der Waals surface area contributed by atoms with Crippen LogP contribution < -0.4 is 5.73 Å². The molecule has 1 aromatic carbocycles. The molecule has 2 amide bonds. The lowest BCUT2D eigenvalue weighted by Gasteiger charge is -2.18. The highest BCUT2D eigenvalue weighted by atomic mass is 16.3. The molecule has 2 heterocycles. The van der Waals surface area contributed by atoms with Crippen LogP contribution in [0, 0.1) is 0 Å². The van der Waals surface area contributed by atoms with Gasteiger partial charge in [-0.1, -0.05) is 0 Å². The lowest BCUT2D eigenvalue weighted by molar-refractivity contribution is -0.129. The van der Waals surface area contributed by atoms with Gasteiger partial charge in [-0.2, -0.15) is 0 Å². The van der Waals surface area contributed by atoms with Gasteiger partial charge in [0, 0.05) is 31.2 Å². The number of nitrogen functional groups attached to an aromatic ring is 1. The maximum Gasteiger partial charge on any atom is 0.290 e. The van der Waals surface area contributed by atoms with E-state index in [1.807, 2.05) is 0 Å². The zero-order valence-electron chi connectivity index (χ0n) is 11.8. The summed E-state index contributed by atoms with van der Waals surface area (Å²) in [5, 5.41) is 0.789. The quantitative estimate of drug-likeness (QED) is 0.802. The Bertz CT molecular complexity index is 707. The largest absolute Gasteiger partial charge is 0.451 e. The molecule has 1 aromatic heterocycles. The second kappa shape index (κ2) is 5.12. The summed E-state index contributed by atoms with van der Waals surface area (Å²) in [6.45, 7) is 1.31. The molecule has 6 nitrogen and oxygen atoms in total. The highest BCUT2D eigenvalue weighted by molar-refractivity contribution is 5.98. The van der Waals surface area contributed by atoms with Gasteiger partial charge < -0.3 is 20.0 Å². The van der Waals surface area contributed by atoms with Crippen molar-refractivity contribution >= 4 is 28.5 Å². The van der Waals surface area contributed by atoms with Crippen LogP contribution in [0.1, 0.15) is 17.0 Å². The fourth-order valence-corrected chi connectivity index (χ4v) is 2.48. The highest BCUT2D eigenvalue weighted by Gasteiger charge is 2.25. The average molecular weight is 287 g/mol. The number of fused-ring (bicyclic) bond motifs is 1. The number of hydrogen-bond acceptors (Lipinski definition) is 4. The van der Waals surface area contributed by atoms with Crippen molar-refractivity contribution in [2.45, 2.75) is 6.42 Å². The van der Waals surface area contributed by atoms with Gasteiger partial charge in [-0.05, 0) is 30.7 Å². The van der Waals surface area contributed by atoms with E-state index >= 15 is 0 Å². The number of carbonyl (C=O) groups is 2. The normalized spacial score (nSPS) is 16.3. The molecule has 0 saturated carbocycles. The standard InChI is InChI=1S/C15H17N3O3/c1-17-5-2-6-18(9-14(17)19)15(20)13-8-10-7-11(16)3-4-12(10)21-13/h3-4,7-8H,2,5-6,9,16H2,1H3. The van der Waals surface area contributed by atoms with E-state index in [9.17, 15) is 9.59 Å². The molecule has 1 saturated heterocycles. The van der Waals surface area contributed by atoms with Gasteiger partial charge in [0.1, 0.15) is 12.1 Å². The first-order chi connectivity index (χ1) is 10.0. The van der Waals surface area contributed by atoms with Gasteiger partial charge in [0.2, 0.25) is 5.91 Å². The van der Waals surface area contributed by atoms with Crippen LogP contribution in [0.25, 0.3) is 11.0 Å². The first-order valence-electron chi connectivity index (χ1n) is 6.87. The van der Waals surface area contributed by atoms with Crippen LogP contribution in [-0.2, 0) is 4.79 Å². The number of furan rings is 1. The predicted octanol–water partition coefficient (Wildman–Crippen LogP) is 1.32. The summed E-state index contributed by atoms with van der Waals surface area (Å²) in [4.78, 5) is 27.5. The molecule has 0 unspecified atom stereocenters. The van der Waals surface area contributed by atoms with Crippen molar-refractivity contribution in [1.82, 2.24) is 9.80 Å². The number of carbonyl (C=O) groups excluding carboxylic acids is 2. The molecule has 1 aliphatic heterocycles. The third-order valence-electron chi connectivity index (χ3n) is 3.71. The molecule has 1 aliphatic rings. The Hall–Kier alpha value is -2.50. The fourth-order valence-electron chi connectivity index (χ4n) is 2.48. The smallest absolute Gasteiger partial charge is 0.290 e. The summed E-state index contributed by atoms with van der Waals surface area (Å²) in [5.41, 5.74) is 6.95. The Morgan fingerprint density at radius 3 is 2.90 bits per heavy atom. The molecule has 2 N–H and O–H groups in total. The Labute approximate surface area is 122 Å². The molecule has 0 aliphatic carbocycles. The van der Waals surface area contributed by atoms with E-state index in [0.717, 1.165) is 11.8 Å². The van der Waals surface area contributed by atoms with Gasteiger partial charge >= 0.3 is 0 Å². The average Bonchev–Trinajstić information content (AvgIpc) is 2.80. The molecule has 21 heavy (non-hydrogen) atoms. The topological polar surface area (TPSA) is 79.8 Å². The predicted molar refractivity (Wildman–Crippen MR) is 78.8 cm³/mol. The molecular weight excluding hydrogens is 270 g/mol. The Kier molecular flexibility index (Phi) is 3.29. The number of amides is 2. The van der Waals surface area contributed by atoms with E-state index in [-0.39, 0.29) is 24.1 Å². The molecule has 6 heteroatoms. The zero-order chi connectivity index (χ0) is 15.0. The molecule has 0 bridgehead atoms. The number of hydrogen-bond donors (Lipinski definition) is 1. The maximum absolute atomic E-state index is 12.5. The van der Waals surface area contributed by atoms with Gasteiger partial charge in [-0.3, -0.25) is 9.59 Å². The van der Waals surface area contributed by atoms with E-state index < -0.39 is 0 Å². The minimum atomic E-state index is -0.256. The first-order valence-corrected chi connectivity index (χ1v) is 6.87. The number of nitrogens with zero attached hydrogens (tertiary/aromatic N) is 2. The summed E-state index contributed by atoms with van der Waals surface area (Å²) in [7, 11) is 1.75. The summed E-state index contributed by atoms with van der Waals surface area (Å²) in [5.74, 6) is -0.0671. The van der Waals surface area contributed by atoms with E-state index in [1.54, 1.807) is 36.2 Å². The summed E-state index contributed by atoms with van der Waals surface area (Å²) >= 11 is 0. The monoisotopic (exact) mass is 287 g/mol. The van der Waals surface area contributed by atoms with Gasteiger partial charge in [-0.25, -0.2) is 0 Å². The number of anilines is 1. The number of likely N-dealkylation sites (N-methyl/N-ethyl adjacent to an activating group) is 1. The third kappa shape index (κ3) is 2.56. The zero-order valence-corrected chi connectivity index (χ0v) is 11.8. The molecule has 3 rings (SSSR count). The van der Waals surface area contributed by atoms with Crippen LogP contribution in [0.4, 0.5) is 5.69 Å². The SMILES string of the molecule is CN1CCCN(C(=O)c2cc3cc(N)ccc3o2)CC1=O. The van der Waals surface area contributed by atoms with Crippen LogP contribution in [0.2, 0.25) is 0 Å². The van der Waals surface area contributed by atoms with Crippen LogP contribution in [0.3, 0.4) is 0 Å². The minimum absolute atomic E-state index is 0.0544. The second-order valence-electron chi connectivity index (χ2n) is 5.30. The first kappa shape index (κ1) is 13.5. The summed E-state index contributed by atoms with van der Waals surface area (Å²) in [6.07, 6.45) is 0.765. The highest BCUT2D eigenvalue weighted by Crippen LogP contribution is 2.23. The lowest BCUT2D eigenvalue weighted by Crippen LogP contribution is -2.37. The summed E-state index contributed by atoms with van der Waals surface area (Å²) < 4.78 is 5.57. The third-order valence-corrected chi connectivity index (χ3v) is 3.71. The molecular formula is C15H17N3O3. The van der Waals surface area contributed by atoms with Crippen LogP contribution in [0.15, 0.2) is 28.7 Å². The number of nitrogens with two attached hydrogens (primary N) is 1. The van der Waals surface area contributed by atoms with Crippen LogP contribution in [-0.4, -0.2) is 48.3 Å². The Morgan fingerprint density at radius 2 is 2.10 bits per heavy atom. The van der Waals surface area contributed by atoms with Gasteiger partial charge in [-0.15, -0.1) is 0 Å². The summed E-state index contributed by atoms with van der Waals surface area (Å²) in [6, 6.07) is 6.90. The van der Waals surface area contributed by atoms with Gasteiger partial charge in [0.05, 0.1) is 0 Å². The molecule has 1 fully saturated rings. The van der Waals surface area contributed by atoms with E-state index in [1.165, 1.54) is 4.90 Å². The van der Waals surface area contributed by atoms with Crippen molar-refractivity contribution in [2.75, 3.05) is 32.4 Å². The molecule has 0 radical (unpaired) electrons. The van der Waals surface area contributed by atoms with E-state index in [4.69, 9.17) is 10.2 Å². The molecule has 0 atom stereocenters. The Morgan fingerprint density at radius 1 is 1.29 bits per heavy atom. The van der Waals surface area contributed by atoms with E-state index in [2.05, 4.69) is 0 Å². The molecule has 0 spiro atoms. The van der Waals surface area contributed by atoms with Crippen molar-refractivity contribution in [3.63, 3.8) is 0 Å². The maximum atomic E-state index is 12.5. The van der Waals surface area contributed by atoms with Gasteiger partial charge in [0.15, 0.2) is 5.76 Å². The minimum Gasteiger partial charge on any atom is -0.451 e. The van der Waals surface area contributed by atoms with Gasteiger partial charge in [0.25, 0.3) is 5.91 Å². The Balaban J connectivity index is 1.87. The number of rotatable bonds is 1. The van der Waals surface area contributed by atoms with Crippen molar-refractivity contribution in [3.05, 3.63) is 30.0 Å². The van der Waals surface area contributed by atoms with Crippen molar-refractivity contribution in [3.8, 4) is 0 Å². The van der Waals surface area contributed by atoms with E-state index in [0.29, 0.717) is 24.4 Å². The lowest BCUT2D eigenvalue weighted by atomic mass is 10.2. The second-order valence-corrected chi connectivity index (χ2v) is 5.30. The van der Waals surface area contributed by atoms with Crippen LogP contribution in [0.5, 0.6) is 0 Å². The van der Waals surface area contributed by atoms with Crippen LogP contribution >= 0.6 is 0 Å². The van der Waals surface area contributed by atoms with Crippen molar-refractivity contribution in [2.24, 2.45) is 0 Å².